The van der Waals surface area contributed by atoms with E-state index in [9.17, 15) is 14.0 Å². The second kappa shape index (κ2) is 7.40. The normalized spacial score (nSPS) is 11.9. The summed E-state index contributed by atoms with van der Waals surface area (Å²) in [5, 5.41) is 2.79. The number of nitrogens with one attached hydrogen (secondary N) is 1. The predicted octanol–water partition coefficient (Wildman–Crippen LogP) is 2.68. The maximum Gasteiger partial charge on any atom is 0.341 e. The molecular weight excluding hydrogens is 353 g/mol. The van der Waals surface area contributed by atoms with E-state index >= 15 is 0 Å². The van der Waals surface area contributed by atoms with Crippen LogP contribution < -0.4 is 14.8 Å². The Morgan fingerprint density at radius 3 is 2.80 bits per heavy atom. The summed E-state index contributed by atoms with van der Waals surface area (Å²) in [5.74, 6) is -0.996. The third kappa shape index (κ3) is 4.19. The second-order valence-corrected chi connectivity index (χ2v) is 5.60. The molecule has 0 unspecified atom stereocenters. The Morgan fingerprint density at radius 1 is 1.16 bits per heavy atom. The Morgan fingerprint density at radius 2 is 1.96 bits per heavy atom. The van der Waals surface area contributed by atoms with Gasteiger partial charge in [-0.05, 0) is 35.9 Å². The minimum Gasteiger partial charge on any atom is -0.454 e. The van der Waals surface area contributed by atoms with E-state index in [1.165, 1.54) is 6.07 Å². The lowest BCUT2D eigenvalue weighted by atomic mass is 10.2. The summed E-state index contributed by atoms with van der Waals surface area (Å²) in [4.78, 5) is 23.6. The molecule has 1 heterocycles. The highest BCUT2D eigenvalue weighted by Crippen LogP contribution is 2.32. The van der Waals surface area contributed by atoms with E-state index < -0.39 is 24.3 Å². The van der Waals surface area contributed by atoms with Crippen molar-refractivity contribution in [2.75, 3.05) is 13.4 Å². The third-order valence-corrected chi connectivity index (χ3v) is 3.64. The van der Waals surface area contributed by atoms with Crippen molar-refractivity contribution >= 4 is 23.5 Å². The number of carbonyl (C=O) groups is 2. The lowest BCUT2D eigenvalue weighted by Gasteiger charge is -2.08. The van der Waals surface area contributed by atoms with Crippen molar-refractivity contribution in [3.63, 3.8) is 0 Å². The van der Waals surface area contributed by atoms with Crippen molar-refractivity contribution in [1.29, 1.82) is 0 Å². The van der Waals surface area contributed by atoms with Crippen LogP contribution in [0.2, 0.25) is 5.02 Å². The average molecular weight is 366 g/mol. The molecule has 1 amide bonds. The van der Waals surface area contributed by atoms with Crippen LogP contribution in [0, 0.1) is 5.82 Å². The van der Waals surface area contributed by atoms with Crippen LogP contribution >= 0.6 is 11.6 Å². The van der Waals surface area contributed by atoms with Gasteiger partial charge in [0.15, 0.2) is 18.1 Å². The summed E-state index contributed by atoms with van der Waals surface area (Å²) >= 11 is 5.71. The molecule has 130 valence electrons. The summed E-state index contributed by atoms with van der Waals surface area (Å²) in [5.41, 5.74) is 0.473. The molecule has 0 saturated heterocycles. The maximum absolute atomic E-state index is 13.5. The quantitative estimate of drug-likeness (QED) is 0.825. The summed E-state index contributed by atoms with van der Waals surface area (Å²) in [6, 6.07) is 8.77. The second-order valence-electron chi connectivity index (χ2n) is 5.16. The number of ether oxygens (including phenoxy) is 3. The smallest absolute Gasteiger partial charge is 0.341 e. The largest absolute Gasteiger partial charge is 0.454 e. The van der Waals surface area contributed by atoms with Crippen LogP contribution in [0.15, 0.2) is 36.4 Å². The first-order chi connectivity index (χ1) is 12.0. The van der Waals surface area contributed by atoms with Crippen molar-refractivity contribution in [3.05, 3.63) is 58.4 Å². The van der Waals surface area contributed by atoms with Crippen LogP contribution in [0.1, 0.15) is 15.9 Å². The van der Waals surface area contributed by atoms with E-state index in [1.54, 1.807) is 18.2 Å². The fourth-order valence-electron chi connectivity index (χ4n) is 2.17. The number of esters is 1. The lowest BCUT2D eigenvalue weighted by Crippen LogP contribution is -2.28. The Hall–Kier alpha value is -2.80. The van der Waals surface area contributed by atoms with Gasteiger partial charge in [-0.2, -0.15) is 0 Å². The van der Waals surface area contributed by atoms with Crippen molar-refractivity contribution in [3.8, 4) is 11.5 Å². The third-order valence-electron chi connectivity index (χ3n) is 3.41. The highest BCUT2D eigenvalue weighted by Gasteiger charge is 2.16. The van der Waals surface area contributed by atoms with Gasteiger partial charge in [0.25, 0.3) is 5.91 Å². The number of benzene rings is 2. The first kappa shape index (κ1) is 17.0. The average Bonchev–Trinajstić information content (AvgIpc) is 3.07. The lowest BCUT2D eigenvalue weighted by molar-refractivity contribution is -0.124. The molecule has 1 N–H and O–H groups in total. The number of fused-ring (bicyclic) bond motifs is 1. The van der Waals surface area contributed by atoms with Gasteiger partial charge in [0.05, 0.1) is 5.56 Å². The molecule has 0 radical (unpaired) electrons. The molecule has 8 heteroatoms. The Labute approximate surface area is 147 Å². The molecule has 1 aliphatic rings. The molecule has 0 saturated carbocycles. The van der Waals surface area contributed by atoms with Gasteiger partial charge in [0, 0.05) is 11.6 Å². The van der Waals surface area contributed by atoms with E-state index in [0.717, 1.165) is 17.7 Å². The van der Waals surface area contributed by atoms with Crippen LogP contribution in [-0.2, 0) is 16.1 Å². The molecule has 0 aliphatic carbocycles. The van der Waals surface area contributed by atoms with Gasteiger partial charge in [-0.1, -0.05) is 17.7 Å². The van der Waals surface area contributed by atoms with E-state index in [1.807, 2.05) is 0 Å². The van der Waals surface area contributed by atoms with Crippen LogP contribution in [0.5, 0.6) is 11.5 Å². The minimum absolute atomic E-state index is 0.168. The molecule has 0 bridgehead atoms. The zero-order valence-electron chi connectivity index (χ0n) is 12.9. The molecule has 3 rings (SSSR count). The van der Waals surface area contributed by atoms with E-state index in [2.05, 4.69) is 5.32 Å². The van der Waals surface area contributed by atoms with Crippen molar-refractivity contribution < 1.29 is 28.2 Å². The standard InChI is InChI=1S/C17H13ClFNO5/c18-11-2-3-13(19)12(6-11)17(22)23-8-16(21)20-7-10-1-4-14-15(5-10)25-9-24-14/h1-6H,7-9H2,(H,20,21). The van der Waals surface area contributed by atoms with Crippen LogP contribution in [0.3, 0.4) is 0 Å². The monoisotopic (exact) mass is 365 g/mol. The number of halogens is 2. The summed E-state index contributed by atoms with van der Waals surface area (Å²) in [7, 11) is 0. The minimum atomic E-state index is -0.960. The number of rotatable bonds is 5. The fraction of sp³-hybridized carbons (Fsp3) is 0.176. The molecule has 25 heavy (non-hydrogen) atoms. The SMILES string of the molecule is O=C(COC(=O)c1cc(Cl)ccc1F)NCc1ccc2c(c1)OCO2. The molecular formula is C17H13ClFNO5. The first-order valence-electron chi connectivity index (χ1n) is 7.30. The molecule has 1 aliphatic heterocycles. The van der Waals surface area contributed by atoms with Gasteiger partial charge in [0.1, 0.15) is 5.82 Å². The number of amides is 1. The summed E-state index contributed by atoms with van der Waals surface area (Å²) < 4.78 is 28.8. The zero-order valence-corrected chi connectivity index (χ0v) is 13.6. The molecule has 0 spiro atoms. The Bertz CT molecular complexity index is 827. The number of hydrogen-bond donors (Lipinski definition) is 1. The van der Waals surface area contributed by atoms with E-state index in [0.29, 0.717) is 11.5 Å². The summed E-state index contributed by atoms with van der Waals surface area (Å²) in [6.45, 7) is -0.144. The van der Waals surface area contributed by atoms with Crippen LogP contribution in [0.4, 0.5) is 4.39 Å². The van der Waals surface area contributed by atoms with E-state index in [-0.39, 0.29) is 23.9 Å². The van der Waals surface area contributed by atoms with Crippen LogP contribution in [-0.4, -0.2) is 25.3 Å². The van der Waals surface area contributed by atoms with Crippen LogP contribution in [0.25, 0.3) is 0 Å². The van der Waals surface area contributed by atoms with E-state index in [4.69, 9.17) is 25.8 Å². The highest BCUT2D eigenvalue weighted by molar-refractivity contribution is 6.30. The Balaban J connectivity index is 1.49. The summed E-state index contributed by atoms with van der Waals surface area (Å²) in [6.07, 6.45) is 0. The van der Waals surface area contributed by atoms with Gasteiger partial charge in [0.2, 0.25) is 6.79 Å². The Kier molecular flexibility index (Phi) is 5.04. The molecule has 2 aromatic carbocycles. The maximum atomic E-state index is 13.5. The number of hydrogen-bond acceptors (Lipinski definition) is 5. The van der Waals surface area contributed by atoms with Gasteiger partial charge >= 0.3 is 5.97 Å². The van der Waals surface area contributed by atoms with Gasteiger partial charge in [-0.3, -0.25) is 4.79 Å². The van der Waals surface area contributed by atoms with Crippen molar-refractivity contribution in [2.24, 2.45) is 0 Å². The zero-order chi connectivity index (χ0) is 17.8. The molecule has 0 atom stereocenters. The number of carbonyl (C=O) groups excluding carboxylic acids is 2. The van der Waals surface area contributed by atoms with Crippen molar-refractivity contribution in [2.45, 2.75) is 6.54 Å². The van der Waals surface area contributed by atoms with Gasteiger partial charge in [-0.15, -0.1) is 0 Å². The first-order valence-corrected chi connectivity index (χ1v) is 7.68. The highest BCUT2D eigenvalue weighted by atomic mass is 35.5. The molecule has 2 aromatic rings. The molecule has 0 aromatic heterocycles. The predicted molar refractivity (Wildman–Crippen MR) is 86.1 cm³/mol. The molecule has 6 nitrogen and oxygen atoms in total. The fourth-order valence-corrected chi connectivity index (χ4v) is 2.34. The molecule has 0 fully saturated rings. The van der Waals surface area contributed by atoms with Gasteiger partial charge in [-0.25, -0.2) is 9.18 Å². The van der Waals surface area contributed by atoms with Gasteiger partial charge < -0.3 is 19.5 Å². The van der Waals surface area contributed by atoms with Crippen molar-refractivity contribution in [1.82, 2.24) is 5.32 Å². The topological polar surface area (TPSA) is 73.9 Å².